The third-order valence-corrected chi connectivity index (χ3v) is 6.28. The molecule has 3 aromatic rings. The highest BCUT2D eigenvalue weighted by Crippen LogP contribution is 2.31. The summed E-state index contributed by atoms with van der Waals surface area (Å²) >= 11 is 7.95. The number of hydrogen-bond donors (Lipinski definition) is 1. The van der Waals surface area contributed by atoms with Crippen molar-refractivity contribution in [1.82, 2.24) is 9.88 Å². The maximum Gasteiger partial charge on any atom is 0.255 e. The molecular formula is C23H24ClN3O3S. The minimum absolute atomic E-state index is 0.173. The van der Waals surface area contributed by atoms with Crippen molar-refractivity contribution < 1.29 is 14.3 Å². The lowest BCUT2D eigenvalue weighted by Gasteiger charge is -2.27. The first-order valence-corrected chi connectivity index (χ1v) is 11.3. The van der Waals surface area contributed by atoms with Crippen LogP contribution in [0.1, 0.15) is 20.9 Å². The third kappa shape index (κ3) is 5.25. The van der Waals surface area contributed by atoms with Crippen LogP contribution < -0.4 is 10.1 Å². The SMILES string of the molecule is COc1ccc(C(=O)Nc2ccc(Cl)c(-c3csc(C)n3)c2)c(CN2CCOCC2)c1. The van der Waals surface area contributed by atoms with E-state index in [4.69, 9.17) is 21.1 Å². The van der Waals surface area contributed by atoms with E-state index in [-0.39, 0.29) is 5.91 Å². The van der Waals surface area contributed by atoms with Crippen LogP contribution in [0.3, 0.4) is 0 Å². The Labute approximate surface area is 190 Å². The highest BCUT2D eigenvalue weighted by molar-refractivity contribution is 7.09. The number of nitrogens with one attached hydrogen (secondary N) is 1. The molecule has 1 saturated heterocycles. The van der Waals surface area contributed by atoms with Gasteiger partial charge in [-0.3, -0.25) is 9.69 Å². The fourth-order valence-corrected chi connectivity index (χ4v) is 4.36. The number of amides is 1. The molecule has 4 rings (SSSR count). The molecule has 8 heteroatoms. The summed E-state index contributed by atoms with van der Waals surface area (Å²) in [4.78, 5) is 20.0. The van der Waals surface area contributed by atoms with Crippen LogP contribution in [0.5, 0.6) is 5.75 Å². The average molecular weight is 458 g/mol. The molecule has 2 aromatic carbocycles. The van der Waals surface area contributed by atoms with Gasteiger partial charge in [0.05, 0.1) is 36.0 Å². The number of anilines is 1. The zero-order chi connectivity index (χ0) is 21.8. The Kier molecular flexibility index (Phi) is 6.87. The Hall–Kier alpha value is -2.45. The largest absolute Gasteiger partial charge is 0.497 e. The molecule has 162 valence electrons. The molecular weight excluding hydrogens is 434 g/mol. The number of benzene rings is 2. The third-order valence-electron chi connectivity index (χ3n) is 5.17. The van der Waals surface area contributed by atoms with Crippen molar-refractivity contribution in [3.8, 4) is 17.0 Å². The number of carbonyl (C=O) groups excluding carboxylic acids is 1. The van der Waals surface area contributed by atoms with Crippen molar-refractivity contribution in [2.24, 2.45) is 0 Å². The van der Waals surface area contributed by atoms with E-state index in [1.165, 1.54) is 0 Å². The van der Waals surface area contributed by atoms with Crippen molar-refractivity contribution in [1.29, 1.82) is 0 Å². The molecule has 1 aliphatic heterocycles. The van der Waals surface area contributed by atoms with Crippen LogP contribution in [0, 0.1) is 6.92 Å². The molecule has 1 N–H and O–H groups in total. The summed E-state index contributed by atoms with van der Waals surface area (Å²) in [5.74, 6) is 0.557. The summed E-state index contributed by atoms with van der Waals surface area (Å²) in [5.41, 5.74) is 3.81. The summed E-state index contributed by atoms with van der Waals surface area (Å²) in [6, 6.07) is 11.0. The van der Waals surface area contributed by atoms with Crippen molar-refractivity contribution >= 4 is 34.5 Å². The lowest BCUT2D eigenvalue weighted by Crippen LogP contribution is -2.36. The average Bonchev–Trinajstić information content (AvgIpc) is 3.21. The monoisotopic (exact) mass is 457 g/mol. The van der Waals surface area contributed by atoms with Crippen LogP contribution in [0.25, 0.3) is 11.3 Å². The number of rotatable bonds is 6. The molecule has 1 aliphatic rings. The second-order valence-corrected chi connectivity index (χ2v) is 8.78. The van der Waals surface area contributed by atoms with E-state index in [9.17, 15) is 4.79 Å². The fraction of sp³-hybridized carbons (Fsp3) is 0.304. The Bertz CT molecular complexity index is 1080. The fourth-order valence-electron chi connectivity index (χ4n) is 3.53. The van der Waals surface area contributed by atoms with Crippen LogP contribution >= 0.6 is 22.9 Å². The minimum atomic E-state index is -0.173. The van der Waals surface area contributed by atoms with Gasteiger partial charge in [0.1, 0.15) is 5.75 Å². The Balaban J connectivity index is 1.58. The molecule has 0 aliphatic carbocycles. The first-order chi connectivity index (χ1) is 15.0. The van der Waals surface area contributed by atoms with Crippen molar-refractivity contribution in [2.75, 3.05) is 38.7 Å². The smallest absolute Gasteiger partial charge is 0.255 e. The van der Waals surface area contributed by atoms with Gasteiger partial charge in [-0.2, -0.15) is 0 Å². The summed E-state index contributed by atoms with van der Waals surface area (Å²) in [6.45, 7) is 5.70. The number of hydrogen-bond acceptors (Lipinski definition) is 6. The molecule has 0 radical (unpaired) electrons. The van der Waals surface area contributed by atoms with Gasteiger partial charge in [0.2, 0.25) is 0 Å². The number of aromatic nitrogens is 1. The molecule has 0 unspecified atom stereocenters. The van der Waals surface area contributed by atoms with Crippen molar-refractivity contribution in [2.45, 2.75) is 13.5 Å². The predicted molar refractivity (Wildman–Crippen MR) is 124 cm³/mol. The van der Waals surface area contributed by atoms with Gasteiger partial charge in [-0.1, -0.05) is 11.6 Å². The highest BCUT2D eigenvalue weighted by atomic mass is 35.5. The van der Waals surface area contributed by atoms with Crippen LogP contribution in [-0.4, -0.2) is 49.2 Å². The molecule has 0 atom stereocenters. The van der Waals surface area contributed by atoms with E-state index < -0.39 is 0 Å². The highest BCUT2D eigenvalue weighted by Gasteiger charge is 2.18. The number of nitrogens with zero attached hydrogens (tertiary/aromatic N) is 2. The summed E-state index contributed by atoms with van der Waals surface area (Å²) < 4.78 is 10.8. The van der Waals surface area contributed by atoms with Crippen LogP contribution in [0.15, 0.2) is 41.8 Å². The molecule has 1 aromatic heterocycles. The Morgan fingerprint density at radius 1 is 1.26 bits per heavy atom. The maximum atomic E-state index is 13.2. The zero-order valence-electron chi connectivity index (χ0n) is 17.5. The maximum absolute atomic E-state index is 13.2. The van der Waals surface area contributed by atoms with Gasteiger partial charge in [-0.05, 0) is 48.9 Å². The van der Waals surface area contributed by atoms with E-state index in [0.29, 0.717) is 36.0 Å². The quantitative estimate of drug-likeness (QED) is 0.572. The number of thiazole rings is 1. The molecule has 1 fully saturated rings. The van der Waals surface area contributed by atoms with Gasteiger partial charge in [-0.15, -0.1) is 11.3 Å². The summed E-state index contributed by atoms with van der Waals surface area (Å²) in [7, 11) is 1.63. The van der Waals surface area contributed by atoms with Crippen LogP contribution in [0.4, 0.5) is 5.69 Å². The van der Waals surface area contributed by atoms with Crippen LogP contribution in [-0.2, 0) is 11.3 Å². The number of ether oxygens (including phenoxy) is 2. The number of aryl methyl sites for hydroxylation is 1. The minimum Gasteiger partial charge on any atom is -0.497 e. The molecule has 0 bridgehead atoms. The molecule has 31 heavy (non-hydrogen) atoms. The lowest BCUT2D eigenvalue weighted by atomic mass is 10.0. The molecule has 0 saturated carbocycles. The van der Waals surface area contributed by atoms with Gasteiger partial charge in [-0.25, -0.2) is 4.98 Å². The van der Waals surface area contributed by atoms with E-state index in [1.54, 1.807) is 30.6 Å². The lowest BCUT2D eigenvalue weighted by molar-refractivity contribution is 0.0341. The number of morpholine rings is 1. The van der Waals surface area contributed by atoms with E-state index >= 15 is 0 Å². The van der Waals surface area contributed by atoms with Gasteiger partial charge < -0.3 is 14.8 Å². The van der Waals surface area contributed by atoms with Gasteiger partial charge in [0.25, 0.3) is 5.91 Å². The zero-order valence-corrected chi connectivity index (χ0v) is 19.1. The topological polar surface area (TPSA) is 63.7 Å². The standard InChI is InChI=1S/C23H24ClN3O3S/c1-15-25-22(14-31-15)20-12-17(3-6-21(20)24)26-23(28)19-5-4-18(29-2)11-16(19)13-27-7-9-30-10-8-27/h3-6,11-12,14H,7-10,13H2,1-2H3,(H,26,28). The number of halogens is 1. The second kappa shape index (κ2) is 9.78. The van der Waals surface area contributed by atoms with Crippen LogP contribution in [0.2, 0.25) is 5.02 Å². The van der Waals surface area contributed by atoms with E-state index in [2.05, 4.69) is 15.2 Å². The van der Waals surface area contributed by atoms with E-state index in [0.717, 1.165) is 40.7 Å². The molecule has 0 spiro atoms. The summed E-state index contributed by atoms with van der Waals surface area (Å²) in [6.07, 6.45) is 0. The molecule has 6 nitrogen and oxygen atoms in total. The first-order valence-electron chi connectivity index (χ1n) is 10.0. The van der Waals surface area contributed by atoms with Gasteiger partial charge >= 0.3 is 0 Å². The molecule has 1 amide bonds. The van der Waals surface area contributed by atoms with E-state index in [1.807, 2.05) is 36.6 Å². The Morgan fingerprint density at radius 2 is 2.06 bits per heavy atom. The Morgan fingerprint density at radius 3 is 2.77 bits per heavy atom. The van der Waals surface area contributed by atoms with Gasteiger partial charge in [0, 0.05) is 41.8 Å². The second-order valence-electron chi connectivity index (χ2n) is 7.31. The molecule has 2 heterocycles. The first kappa shape index (κ1) is 21.8. The predicted octanol–water partition coefficient (Wildman–Crippen LogP) is 4.87. The number of carbonyl (C=O) groups is 1. The van der Waals surface area contributed by atoms with Crippen molar-refractivity contribution in [3.05, 3.63) is 62.9 Å². The summed E-state index contributed by atoms with van der Waals surface area (Å²) in [5, 5.41) is 6.54. The van der Waals surface area contributed by atoms with Gasteiger partial charge in [0.15, 0.2) is 0 Å². The number of methoxy groups -OCH3 is 1. The van der Waals surface area contributed by atoms with Crippen molar-refractivity contribution in [3.63, 3.8) is 0 Å². The normalized spacial score (nSPS) is 14.4.